The van der Waals surface area contributed by atoms with E-state index in [2.05, 4.69) is 15.8 Å². The van der Waals surface area contributed by atoms with Crippen LogP contribution in [0, 0.1) is 5.82 Å². The lowest BCUT2D eigenvalue weighted by Crippen LogP contribution is -2.20. The van der Waals surface area contributed by atoms with Gasteiger partial charge in [0.25, 0.3) is 11.8 Å². The molecule has 5 nitrogen and oxygen atoms in total. The Morgan fingerprint density at radius 2 is 1.56 bits per heavy atom. The third kappa shape index (κ3) is 5.48. The Labute approximate surface area is 157 Å². The van der Waals surface area contributed by atoms with Crippen LogP contribution in [0.2, 0.25) is 0 Å². The molecule has 0 radical (unpaired) electrons. The van der Waals surface area contributed by atoms with E-state index in [9.17, 15) is 14.0 Å². The number of carbonyl (C=O) groups is 2. The maximum Gasteiger partial charge on any atom is 0.271 e. The van der Waals surface area contributed by atoms with Crippen LogP contribution < -0.4 is 10.7 Å². The summed E-state index contributed by atoms with van der Waals surface area (Å²) in [4.78, 5) is 24.6. The van der Waals surface area contributed by atoms with Crippen LogP contribution in [0.4, 0.5) is 10.1 Å². The zero-order chi connectivity index (χ0) is 19.1. The third-order valence-corrected chi connectivity index (χ3v) is 4.49. The Morgan fingerprint density at radius 3 is 2.26 bits per heavy atom. The van der Waals surface area contributed by atoms with Crippen molar-refractivity contribution in [1.82, 2.24) is 5.43 Å². The summed E-state index contributed by atoms with van der Waals surface area (Å²) in [5.41, 5.74) is 4.87. The molecule has 0 aromatic heterocycles. The summed E-state index contributed by atoms with van der Waals surface area (Å²) in [6.07, 6.45) is 6.49. The zero-order valence-corrected chi connectivity index (χ0v) is 15.0. The second kappa shape index (κ2) is 9.07. The molecule has 1 aliphatic carbocycles. The standard InChI is InChI=1S/C21H22FN3O2/c22-17-12-10-15(11-13-17)20(26)23-19-9-5-6-16(14-19)21(27)25-24-18-7-3-1-2-4-8-18/h5-6,9-14H,1-4,7-8H2,(H,23,26)(H,25,27). The smallest absolute Gasteiger partial charge is 0.271 e. The molecule has 1 aliphatic rings. The van der Waals surface area contributed by atoms with Crippen LogP contribution in [0.25, 0.3) is 0 Å². The molecular formula is C21H22FN3O2. The minimum Gasteiger partial charge on any atom is -0.322 e. The highest BCUT2D eigenvalue weighted by Gasteiger charge is 2.10. The average molecular weight is 367 g/mol. The van der Waals surface area contributed by atoms with E-state index in [0.29, 0.717) is 16.8 Å². The summed E-state index contributed by atoms with van der Waals surface area (Å²) in [7, 11) is 0. The molecule has 3 rings (SSSR count). The van der Waals surface area contributed by atoms with E-state index < -0.39 is 5.82 Å². The molecule has 0 heterocycles. The van der Waals surface area contributed by atoms with Crippen molar-refractivity contribution in [1.29, 1.82) is 0 Å². The Bertz CT molecular complexity index is 837. The summed E-state index contributed by atoms with van der Waals surface area (Å²) in [6.45, 7) is 0. The van der Waals surface area contributed by atoms with Crippen LogP contribution in [0.5, 0.6) is 0 Å². The van der Waals surface area contributed by atoms with Crippen LogP contribution in [0.3, 0.4) is 0 Å². The first kappa shape index (κ1) is 18.8. The number of carbonyl (C=O) groups excluding carboxylic acids is 2. The fourth-order valence-corrected chi connectivity index (χ4v) is 2.99. The van der Waals surface area contributed by atoms with Gasteiger partial charge in [-0.3, -0.25) is 9.59 Å². The first-order valence-corrected chi connectivity index (χ1v) is 9.14. The molecule has 0 aliphatic heterocycles. The second-order valence-electron chi connectivity index (χ2n) is 6.57. The molecule has 140 valence electrons. The highest BCUT2D eigenvalue weighted by atomic mass is 19.1. The van der Waals surface area contributed by atoms with Gasteiger partial charge in [-0.2, -0.15) is 5.10 Å². The third-order valence-electron chi connectivity index (χ3n) is 4.49. The highest BCUT2D eigenvalue weighted by molar-refractivity contribution is 6.05. The van der Waals surface area contributed by atoms with E-state index in [1.165, 1.54) is 37.1 Å². The predicted molar refractivity (Wildman–Crippen MR) is 103 cm³/mol. The van der Waals surface area contributed by atoms with Crippen molar-refractivity contribution in [2.45, 2.75) is 38.5 Å². The number of rotatable bonds is 4. The Hall–Kier alpha value is -3.02. The lowest BCUT2D eigenvalue weighted by molar-refractivity contribution is 0.0953. The zero-order valence-electron chi connectivity index (χ0n) is 15.0. The molecule has 2 aromatic carbocycles. The van der Waals surface area contributed by atoms with Crippen LogP contribution in [0.1, 0.15) is 59.2 Å². The van der Waals surface area contributed by atoms with Gasteiger partial charge in [-0.1, -0.05) is 18.9 Å². The first-order valence-electron chi connectivity index (χ1n) is 9.14. The second-order valence-corrected chi connectivity index (χ2v) is 6.57. The average Bonchev–Trinajstić information content (AvgIpc) is 2.95. The number of amides is 2. The molecule has 0 spiro atoms. The van der Waals surface area contributed by atoms with Gasteiger partial charge in [-0.25, -0.2) is 9.82 Å². The van der Waals surface area contributed by atoms with Gasteiger partial charge in [0, 0.05) is 22.5 Å². The first-order chi connectivity index (χ1) is 13.1. The van der Waals surface area contributed by atoms with Crippen molar-refractivity contribution in [3.8, 4) is 0 Å². The maximum absolute atomic E-state index is 13.0. The number of hydrogen-bond acceptors (Lipinski definition) is 3. The minimum atomic E-state index is -0.402. The molecule has 0 saturated heterocycles. The molecule has 2 amide bonds. The quantitative estimate of drug-likeness (QED) is 0.616. The molecule has 0 atom stereocenters. The molecule has 1 fully saturated rings. The van der Waals surface area contributed by atoms with Crippen molar-refractivity contribution in [2.24, 2.45) is 5.10 Å². The summed E-state index contributed by atoms with van der Waals surface area (Å²) in [5, 5.41) is 6.97. The highest BCUT2D eigenvalue weighted by Crippen LogP contribution is 2.15. The predicted octanol–water partition coefficient (Wildman–Crippen LogP) is 4.52. The van der Waals surface area contributed by atoms with Gasteiger partial charge in [-0.15, -0.1) is 0 Å². The molecule has 0 bridgehead atoms. The fourth-order valence-electron chi connectivity index (χ4n) is 2.99. The number of halogens is 1. The Balaban J connectivity index is 1.63. The summed E-state index contributed by atoms with van der Waals surface area (Å²) < 4.78 is 13.0. The van der Waals surface area contributed by atoms with E-state index in [1.807, 2.05) is 0 Å². The van der Waals surface area contributed by atoms with Crippen molar-refractivity contribution < 1.29 is 14.0 Å². The van der Waals surface area contributed by atoms with Crippen LogP contribution >= 0.6 is 0 Å². The van der Waals surface area contributed by atoms with Crippen LogP contribution in [-0.2, 0) is 0 Å². The molecule has 27 heavy (non-hydrogen) atoms. The molecule has 0 unspecified atom stereocenters. The SMILES string of the molecule is O=C(NN=C1CCCCCC1)c1cccc(NC(=O)c2ccc(F)cc2)c1. The fraction of sp³-hybridized carbons (Fsp3) is 0.286. The molecule has 2 N–H and O–H groups in total. The number of hydrogen-bond donors (Lipinski definition) is 2. The van der Waals surface area contributed by atoms with Gasteiger partial charge >= 0.3 is 0 Å². The van der Waals surface area contributed by atoms with Crippen molar-refractivity contribution >= 4 is 23.2 Å². The normalized spacial score (nSPS) is 14.2. The van der Waals surface area contributed by atoms with Crippen molar-refractivity contribution in [3.05, 3.63) is 65.5 Å². The molecular weight excluding hydrogens is 345 g/mol. The van der Waals surface area contributed by atoms with E-state index >= 15 is 0 Å². The van der Waals surface area contributed by atoms with Gasteiger partial charge in [0.15, 0.2) is 0 Å². The summed E-state index contributed by atoms with van der Waals surface area (Å²) in [6, 6.07) is 11.9. The molecule has 2 aromatic rings. The van der Waals surface area contributed by atoms with Gasteiger partial charge in [-0.05, 0) is 68.1 Å². The van der Waals surface area contributed by atoms with E-state index in [1.54, 1.807) is 24.3 Å². The van der Waals surface area contributed by atoms with Crippen molar-refractivity contribution in [3.63, 3.8) is 0 Å². The Morgan fingerprint density at radius 1 is 0.852 bits per heavy atom. The number of nitrogens with one attached hydrogen (secondary N) is 2. The molecule has 6 heteroatoms. The topological polar surface area (TPSA) is 70.6 Å². The van der Waals surface area contributed by atoms with Crippen LogP contribution in [-0.4, -0.2) is 17.5 Å². The van der Waals surface area contributed by atoms with E-state index in [4.69, 9.17) is 0 Å². The van der Waals surface area contributed by atoms with Crippen LogP contribution in [0.15, 0.2) is 53.6 Å². The van der Waals surface area contributed by atoms with Gasteiger partial charge < -0.3 is 5.32 Å². The largest absolute Gasteiger partial charge is 0.322 e. The monoisotopic (exact) mass is 367 g/mol. The van der Waals surface area contributed by atoms with Gasteiger partial charge in [0.05, 0.1) is 0 Å². The lowest BCUT2D eigenvalue weighted by Gasteiger charge is -2.08. The van der Waals surface area contributed by atoms with Gasteiger partial charge in [0.2, 0.25) is 0 Å². The summed E-state index contributed by atoms with van der Waals surface area (Å²) in [5.74, 6) is -1.09. The number of benzene rings is 2. The maximum atomic E-state index is 13.0. The Kier molecular flexibility index (Phi) is 6.30. The number of hydrazone groups is 1. The summed E-state index contributed by atoms with van der Waals surface area (Å²) >= 11 is 0. The number of anilines is 1. The number of nitrogens with zero attached hydrogens (tertiary/aromatic N) is 1. The molecule has 1 saturated carbocycles. The van der Waals surface area contributed by atoms with E-state index in [0.717, 1.165) is 31.4 Å². The lowest BCUT2D eigenvalue weighted by atomic mass is 10.1. The van der Waals surface area contributed by atoms with Crippen molar-refractivity contribution in [2.75, 3.05) is 5.32 Å². The van der Waals surface area contributed by atoms with E-state index in [-0.39, 0.29) is 11.8 Å². The van der Waals surface area contributed by atoms with Gasteiger partial charge in [0.1, 0.15) is 5.82 Å². The minimum absolute atomic E-state index is 0.315.